The van der Waals surface area contributed by atoms with E-state index in [2.05, 4.69) is 9.97 Å². The molecule has 0 saturated carbocycles. The number of halogens is 1. The molecule has 0 atom stereocenters. The summed E-state index contributed by atoms with van der Waals surface area (Å²) >= 11 is 5.71. The Bertz CT molecular complexity index is 410. The lowest BCUT2D eigenvalue weighted by atomic mass is 10.4. The first-order valence-electron chi connectivity index (χ1n) is 3.67. The molecule has 0 spiro atoms. The zero-order valence-electron chi connectivity index (χ0n) is 6.68. The van der Waals surface area contributed by atoms with E-state index in [1.807, 2.05) is 0 Å². The highest BCUT2D eigenvalue weighted by molar-refractivity contribution is 6.30. The van der Waals surface area contributed by atoms with Crippen molar-refractivity contribution in [2.75, 3.05) is 5.73 Å². The second-order valence-electron chi connectivity index (χ2n) is 2.54. The van der Waals surface area contributed by atoms with Gasteiger partial charge >= 0.3 is 0 Å². The quantitative estimate of drug-likeness (QED) is 0.749. The Kier molecular flexibility index (Phi) is 1.90. The highest BCUT2D eigenvalue weighted by atomic mass is 35.5. The average Bonchev–Trinajstić information content (AvgIpc) is 2.56. The minimum atomic E-state index is 0.529. The van der Waals surface area contributed by atoms with Crippen LogP contribution in [0.5, 0.6) is 0 Å². The molecular formula is C8H7ClN4. The maximum absolute atomic E-state index is 5.72. The summed E-state index contributed by atoms with van der Waals surface area (Å²) in [5, 5.41) is 0.529. The van der Waals surface area contributed by atoms with Crippen LogP contribution in [0.4, 0.5) is 5.69 Å². The molecule has 0 aliphatic carbocycles. The normalized spacial score (nSPS) is 10.2. The van der Waals surface area contributed by atoms with E-state index in [1.54, 1.807) is 35.6 Å². The van der Waals surface area contributed by atoms with Crippen LogP contribution < -0.4 is 5.73 Å². The number of hydrogen-bond acceptors (Lipinski definition) is 3. The van der Waals surface area contributed by atoms with E-state index in [4.69, 9.17) is 17.3 Å². The number of nitrogens with two attached hydrogens (primary N) is 1. The third-order valence-corrected chi connectivity index (χ3v) is 1.82. The maximum Gasteiger partial charge on any atom is 0.161 e. The van der Waals surface area contributed by atoms with E-state index in [-0.39, 0.29) is 0 Å². The van der Waals surface area contributed by atoms with Gasteiger partial charge in [-0.15, -0.1) is 0 Å². The van der Waals surface area contributed by atoms with Gasteiger partial charge in [0.05, 0.1) is 10.7 Å². The van der Waals surface area contributed by atoms with Gasteiger partial charge in [-0.2, -0.15) is 0 Å². The van der Waals surface area contributed by atoms with Gasteiger partial charge in [0, 0.05) is 18.6 Å². The lowest BCUT2D eigenvalue weighted by Gasteiger charge is -2.04. The summed E-state index contributed by atoms with van der Waals surface area (Å²) in [6.45, 7) is 0. The molecule has 0 amide bonds. The van der Waals surface area contributed by atoms with Gasteiger partial charge in [-0.1, -0.05) is 11.6 Å². The first-order chi connectivity index (χ1) is 6.27. The largest absolute Gasteiger partial charge is 0.396 e. The molecule has 5 heteroatoms. The van der Waals surface area contributed by atoms with Gasteiger partial charge in [0.15, 0.2) is 5.82 Å². The number of imidazole rings is 1. The fraction of sp³-hybridized carbons (Fsp3) is 0. The Labute approximate surface area is 80.0 Å². The second kappa shape index (κ2) is 3.06. The first kappa shape index (κ1) is 8.07. The molecule has 2 N–H and O–H groups in total. The Balaban J connectivity index is 2.53. The topological polar surface area (TPSA) is 56.7 Å². The summed E-state index contributed by atoms with van der Waals surface area (Å²) < 4.78 is 1.73. The van der Waals surface area contributed by atoms with Crippen LogP contribution in [0.25, 0.3) is 5.82 Å². The van der Waals surface area contributed by atoms with Crippen LogP contribution in [-0.2, 0) is 0 Å². The fourth-order valence-corrected chi connectivity index (χ4v) is 1.21. The zero-order valence-corrected chi connectivity index (χ0v) is 7.44. The first-order valence-corrected chi connectivity index (χ1v) is 4.04. The molecule has 0 unspecified atom stereocenters. The number of nitrogens with zero attached hydrogens (tertiary/aromatic N) is 3. The van der Waals surface area contributed by atoms with Crippen molar-refractivity contribution >= 4 is 17.3 Å². The molecule has 0 radical (unpaired) electrons. The van der Waals surface area contributed by atoms with Crippen molar-refractivity contribution in [3.05, 3.63) is 36.0 Å². The van der Waals surface area contributed by atoms with E-state index in [0.29, 0.717) is 16.5 Å². The van der Waals surface area contributed by atoms with E-state index in [1.165, 1.54) is 0 Å². The molecule has 2 heterocycles. The lowest BCUT2D eigenvalue weighted by Crippen LogP contribution is -2.00. The number of anilines is 1. The van der Waals surface area contributed by atoms with Gasteiger partial charge in [0.1, 0.15) is 6.33 Å². The third-order valence-electron chi connectivity index (χ3n) is 1.61. The Morgan fingerprint density at radius 2 is 2.31 bits per heavy atom. The predicted octanol–water partition coefficient (Wildman–Crippen LogP) is 1.50. The van der Waals surface area contributed by atoms with Crippen LogP contribution >= 0.6 is 11.6 Å². The zero-order chi connectivity index (χ0) is 9.26. The molecule has 0 aliphatic rings. The summed E-state index contributed by atoms with van der Waals surface area (Å²) in [5.41, 5.74) is 6.25. The highest BCUT2D eigenvalue weighted by Crippen LogP contribution is 2.17. The van der Waals surface area contributed by atoms with Gasteiger partial charge < -0.3 is 5.73 Å². The summed E-state index contributed by atoms with van der Waals surface area (Å²) in [6, 6.07) is 1.66. The van der Waals surface area contributed by atoms with Crippen molar-refractivity contribution in [2.45, 2.75) is 0 Å². The average molecular weight is 195 g/mol. The Hall–Kier alpha value is -1.55. The van der Waals surface area contributed by atoms with Gasteiger partial charge in [-0.3, -0.25) is 4.57 Å². The molecule has 0 fully saturated rings. The molecule has 0 aromatic carbocycles. The summed E-state index contributed by atoms with van der Waals surface area (Å²) in [4.78, 5) is 7.98. The third kappa shape index (κ3) is 1.48. The Morgan fingerprint density at radius 1 is 1.46 bits per heavy atom. The van der Waals surface area contributed by atoms with E-state index >= 15 is 0 Å². The number of nitrogen functional groups attached to an aromatic ring is 1. The van der Waals surface area contributed by atoms with E-state index < -0.39 is 0 Å². The van der Waals surface area contributed by atoms with Crippen LogP contribution in [0.3, 0.4) is 0 Å². The van der Waals surface area contributed by atoms with Gasteiger partial charge in [-0.25, -0.2) is 9.97 Å². The molecule has 0 aliphatic heterocycles. The van der Waals surface area contributed by atoms with Crippen molar-refractivity contribution in [1.82, 2.24) is 14.5 Å². The predicted molar refractivity (Wildman–Crippen MR) is 50.8 cm³/mol. The summed E-state index contributed by atoms with van der Waals surface area (Å²) in [7, 11) is 0. The SMILES string of the molecule is Nc1cc(Cl)cnc1-n1ccnc1. The van der Waals surface area contributed by atoms with Crippen LogP contribution in [0.1, 0.15) is 0 Å². The van der Waals surface area contributed by atoms with Crippen molar-refractivity contribution in [2.24, 2.45) is 0 Å². The van der Waals surface area contributed by atoms with Crippen molar-refractivity contribution < 1.29 is 0 Å². The van der Waals surface area contributed by atoms with Gasteiger partial charge in [0.25, 0.3) is 0 Å². The number of hydrogen-bond donors (Lipinski definition) is 1. The van der Waals surface area contributed by atoms with E-state index in [9.17, 15) is 0 Å². The smallest absolute Gasteiger partial charge is 0.161 e. The lowest BCUT2D eigenvalue weighted by molar-refractivity contribution is 0.997. The van der Waals surface area contributed by atoms with Gasteiger partial charge in [-0.05, 0) is 6.07 Å². The number of aromatic nitrogens is 3. The minimum absolute atomic E-state index is 0.529. The molecule has 66 valence electrons. The molecule has 2 aromatic rings. The Morgan fingerprint density at radius 3 is 2.92 bits per heavy atom. The van der Waals surface area contributed by atoms with Crippen molar-refractivity contribution in [3.63, 3.8) is 0 Å². The van der Waals surface area contributed by atoms with Crippen molar-refractivity contribution in [1.29, 1.82) is 0 Å². The monoisotopic (exact) mass is 194 g/mol. The number of pyridine rings is 1. The van der Waals surface area contributed by atoms with Crippen LogP contribution in [0.15, 0.2) is 31.0 Å². The second-order valence-corrected chi connectivity index (χ2v) is 2.97. The molecule has 2 rings (SSSR count). The molecule has 2 aromatic heterocycles. The molecule has 0 saturated heterocycles. The van der Waals surface area contributed by atoms with E-state index in [0.717, 1.165) is 0 Å². The summed E-state index contributed by atoms with van der Waals surface area (Å²) in [5.74, 6) is 0.641. The van der Waals surface area contributed by atoms with Crippen LogP contribution in [-0.4, -0.2) is 14.5 Å². The highest BCUT2D eigenvalue weighted by Gasteiger charge is 2.02. The van der Waals surface area contributed by atoms with Gasteiger partial charge in [0.2, 0.25) is 0 Å². The molecular weight excluding hydrogens is 188 g/mol. The van der Waals surface area contributed by atoms with Crippen LogP contribution in [0, 0.1) is 0 Å². The van der Waals surface area contributed by atoms with Crippen LogP contribution in [0.2, 0.25) is 5.02 Å². The minimum Gasteiger partial charge on any atom is -0.396 e. The molecule has 0 bridgehead atoms. The maximum atomic E-state index is 5.72. The fourth-order valence-electron chi connectivity index (χ4n) is 1.05. The van der Waals surface area contributed by atoms with Crippen molar-refractivity contribution in [3.8, 4) is 5.82 Å². The standard InChI is InChI=1S/C8H7ClN4/c9-6-3-7(10)8(12-4-6)13-2-1-11-5-13/h1-5H,10H2. The number of rotatable bonds is 1. The molecule has 4 nitrogen and oxygen atoms in total. The summed E-state index contributed by atoms with van der Waals surface area (Å²) in [6.07, 6.45) is 6.61. The molecule has 13 heavy (non-hydrogen) atoms.